The maximum Gasteiger partial charge on any atom is 0.514 e. The Morgan fingerprint density at radius 1 is 0.877 bits per heavy atom. The Morgan fingerprint density at radius 2 is 1.52 bits per heavy atom. The van der Waals surface area contributed by atoms with E-state index >= 15 is 0 Å². The van der Waals surface area contributed by atoms with Gasteiger partial charge in [0.1, 0.15) is 34.2 Å². The van der Waals surface area contributed by atoms with E-state index in [0.29, 0.717) is 43.1 Å². The second-order valence-corrected chi connectivity index (χ2v) is 23.1. The lowest BCUT2D eigenvalue weighted by atomic mass is 9.43. The lowest BCUT2D eigenvalue weighted by molar-refractivity contribution is -0.199. The van der Waals surface area contributed by atoms with Gasteiger partial charge >= 0.3 is 31.4 Å². The number of carbonyl (C=O) groups is 5. The second kappa shape index (κ2) is 17.8. The number of benzene rings is 1. The fourth-order valence-corrected chi connectivity index (χ4v) is 10.9. The molecule has 1 aromatic rings. The van der Waals surface area contributed by atoms with Crippen molar-refractivity contribution in [2.45, 2.75) is 187 Å². The first-order valence-electron chi connectivity index (χ1n) is 23.7. The lowest BCUT2D eigenvalue weighted by Crippen LogP contribution is -2.65. The second-order valence-electron chi connectivity index (χ2n) is 23.1. The molecule has 2 N–H and O–H groups in total. The summed E-state index contributed by atoms with van der Waals surface area (Å²) in [7, 11) is -0.455. The fourth-order valence-electron chi connectivity index (χ4n) is 10.9. The molecule has 7 fully saturated rings. The molecule has 0 aromatic heterocycles. The molecular formula is C48H72BN3O13. The SMILES string of the molecule is CC(C)(C)OC(=O)NCCN(C(=O)OC(C)(C)C)C1CCC(CC(=O)N2CC(Oc3ccc(C4CC4B4OC5C[C@@H]6C[C@@H](C6(C)C)[C@]5(C)O4)c(OC(=O)OC(C)(C)C)c3C(=O)O)C2)CC1. The molecule has 3 unspecified atom stereocenters. The van der Waals surface area contributed by atoms with Crippen molar-refractivity contribution in [2.75, 3.05) is 26.2 Å². The summed E-state index contributed by atoms with van der Waals surface area (Å²) in [6.45, 7) is 23.7. The number of rotatable bonds is 12. The molecule has 3 amide bonds. The van der Waals surface area contributed by atoms with Crippen molar-refractivity contribution in [3.63, 3.8) is 0 Å². The molecule has 2 bridgehead atoms. The summed E-state index contributed by atoms with van der Waals surface area (Å²) in [6, 6.07) is 3.26. The summed E-state index contributed by atoms with van der Waals surface area (Å²) in [5.41, 5.74) is -2.14. The highest BCUT2D eigenvalue weighted by molar-refractivity contribution is 6.49. The number of carbonyl (C=O) groups excluding carboxylic acids is 4. The van der Waals surface area contributed by atoms with E-state index in [-0.39, 0.29) is 90.0 Å². The number of amides is 3. The van der Waals surface area contributed by atoms with E-state index in [0.717, 1.165) is 25.7 Å². The number of likely N-dealkylation sites (tertiary alicyclic amines) is 1. The van der Waals surface area contributed by atoms with Gasteiger partial charge in [-0.05, 0) is 155 Å². The van der Waals surface area contributed by atoms with Gasteiger partial charge in [-0.25, -0.2) is 19.2 Å². The number of alkyl carbamates (subject to hydrolysis) is 1. The minimum Gasteiger partial charge on any atom is -0.486 e. The predicted octanol–water partition coefficient (Wildman–Crippen LogP) is 8.58. The van der Waals surface area contributed by atoms with E-state index in [2.05, 4.69) is 26.1 Å². The predicted molar refractivity (Wildman–Crippen MR) is 240 cm³/mol. The molecule has 17 heteroatoms. The minimum absolute atomic E-state index is 0.00613. The standard InChI is InChI=1S/C48H72BN3O13/c1-44(2,3)61-41(56)50-19-20-52(42(57)62-45(4,5)6)29-15-13-27(14-16-29)21-37(53)51-25-30(26-51)59-34-18-17-31(39(38(34)40(54)55)60-43(58)63-46(7,8)9)32-24-33(32)49-64-36-23-28-22-35(47(28,10)11)48(36,12)65-49/h17-18,27-30,32-33,35-36H,13-16,19-26H2,1-12H3,(H,50,56)(H,54,55)/t27?,28-,29?,32?,33?,35-,36?,48-/m0/s1. The summed E-state index contributed by atoms with van der Waals surface area (Å²) in [5, 5.41) is 13.4. The van der Waals surface area contributed by atoms with E-state index in [9.17, 15) is 29.1 Å². The summed E-state index contributed by atoms with van der Waals surface area (Å²) >= 11 is 0. The van der Waals surface area contributed by atoms with Crippen LogP contribution in [-0.2, 0) is 28.3 Å². The number of ether oxygens (including phenoxy) is 5. The van der Waals surface area contributed by atoms with Crippen LogP contribution < -0.4 is 14.8 Å². The van der Waals surface area contributed by atoms with Gasteiger partial charge in [-0.15, -0.1) is 0 Å². The molecule has 65 heavy (non-hydrogen) atoms. The van der Waals surface area contributed by atoms with Crippen LogP contribution in [0.2, 0.25) is 5.82 Å². The Morgan fingerprint density at radius 3 is 2.12 bits per heavy atom. The molecule has 16 nitrogen and oxygen atoms in total. The van der Waals surface area contributed by atoms with Crippen molar-refractivity contribution in [3.8, 4) is 11.5 Å². The van der Waals surface area contributed by atoms with Gasteiger partial charge in [-0.2, -0.15) is 0 Å². The van der Waals surface area contributed by atoms with Crippen LogP contribution >= 0.6 is 0 Å². The van der Waals surface area contributed by atoms with Crippen LogP contribution in [0.25, 0.3) is 0 Å². The van der Waals surface area contributed by atoms with Crippen molar-refractivity contribution in [1.82, 2.24) is 15.1 Å². The first kappa shape index (κ1) is 48.7. The van der Waals surface area contributed by atoms with E-state index in [4.69, 9.17) is 33.0 Å². The third-order valence-electron chi connectivity index (χ3n) is 14.4. The Bertz CT molecular complexity index is 1990. The highest BCUT2D eigenvalue weighted by Crippen LogP contribution is 2.68. The average molecular weight is 910 g/mol. The van der Waals surface area contributed by atoms with Gasteiger partial charge in [0.25, 0.3) is 0 Å². The van der Waals surface area contributed by atoms with Gasteiger partial charge in [0.2, 0.25) is 5.91 Å². The first-order chi connectivity index (χ1) is 30.1. The number of carboxylic acids is 1. The summed E-state index contributed by atoms with van der Waals surface area (Å²) in [5.74, 6) is -0.522. The van der Waals surface area contributed by atoms with Crippen molar-refractivity contribution < 1.29 is 62.1 Å². The highest BCUT2D eigenvalue weighted by atomic mass is 16.7. The molecule has 5 aliphatic carbocycles. The third kappa shape index (κ3) is 11.0. The molecule has 7 aliphatic rings. The average Bonchev–Trinajstić information content (AvgIpc) is 3.85. The van der Waals surface area contributed by atoms with Crippen LogP contribution in [0.4, 0.5) is 14.4 Å². The normalized spacial score (nSPS) is 29.3. The summed E-state index contributed by atoms with van der Waals surface area (Å²) in [4.78, 5) is 68.7. The largest absolute Gasteiger partial charge is 0.514 e. The van der Waals surface area contributed by atoms with Gasteiger partial charge in [0.05, 0.1) is 24.8 Å². The van der Waals surface area contributed by atoms with Gasteiger partial charge in [0.15, 0.2) is 5.75 Å². The van der Waals surface area contributed by atoms with Gasteiger partial charge in [-0.3, -0.25) is 4.79 Å². The zero-order valence-corrected chi connectivity index (χ0v) is 40.6. The van der Waals surface area contributed by atoms with Gasteiger partial charge in [-0.1, -0.05) is 19.9 Å². The van der Waals surface area contributed by atoms with E-state index < -0.39 is 54.3 Å². The molecule has 360 valence electrons. The highest BCUT2D eigenvalue weighted by Gasteiger charge is 2.70. The monoisotopic (exact) mass is 910 g/mol. The Kier molecular flexibility index (Phi) is 13.3. The molecular weight excluding hydrogens is 837 g/mol. The maximum absolute atomic E-state index is 13.5. The Labute approximate surface area is 384 Å². The number of nitrogens with zero attached hydrogens (tertiary/aromatic N) is 2. The molecule has 2 heterocycles. The smallest absolute Gasteiger partial charge is 0.486 e. The number of carboxylic acid groups (broad SMARTS) is 1. The number of nitrogens with one attached hydrogen (secondary N) is 1. The lowest BCUT2D eigenvalue weighted by Gasteiger charge is -2.64. The molecule has 2 aliphatic heterocycles. The topological polar surface area (TPSA) is 189 Å². The summed E-state index contributed by atoms with van der Waals surface area (Å²) < 4.78 is 41.9. The maximum atomic E-state index is 13.5. The minimum atomic E-state index is -1.32. The van der Waals surface area contributed by atoms with E-state index in [1.54, 1.807) is 63.5 Å². The quantitative estimate of drug-likeness (QED) is 0.0879. The Balaban J connectivity index is 0.954. The molecule has 0 spiro atoms. The van der Waals surface area contributed by atoms with Crippen LogP contribution in [-0.4, -0.2) is 119 Å². The first-order valence-corrected chi connectivity index (χ1v) is 23.7. The molecule has 2 saturated heterocycles. The molecule has 5 saturated carbocycles. The van der Waals surface area contributed by atoms with Crippen molar-refractivity contribution in [3.05, 3.63) is 23.3 Å². The molecule has 0 radical (unpaired) electrons. The number of hydrogen-bond donors (Lipinski definition) is 2. The summed E-state index contributed by atoms with van der Waals surface area (Å²) in [6.07, 6.45) is 3.43. The number of hydrogen-bond acceptors (Lipinski definition) is 12. The molecule has 6 atom stereocenters. The zero-order valence-electron chi connectivity index (χ0n) is 40.6. The van der Waals surface area contributed by atoms with Crippen LogP contribution in [0, 0.1) is 23.2 Å². The van der Waals surface area contributed by atoms with Crippen molar-refractivity contribution in [1.29, 1.82) is 0 Å². The third-order valence-corrected chi connectivity index (χ3v) is 14.4. The van der Waals surface area contributed by atoms with Gasteiger partial charge in [0, 0.05) is 31.4 Å². The van der Waals surface area contributed by atoms with E-state index in [1.807, 2.05) is 20.8 Å². The van der Waals surface area contributed by atoms with Crippen LogP contribution in [0.1, 0.15) is 156 Å². The molecule has 8 rings (SSSR count). The van der Waals surface area contributed by atoms with Crippen LogP contribution in [0.3, 0.4) is 0 Å². The van der Waals surface area contributed by atoms with Crippen molar-refractivity contribution in [2.24, 2.45) is 23.2 Å². The number of aromatic carboxylic acids is 1. The van der Waals surface area contributed by atoms with Crippen LogP contribution in [0.15, 0.2) is 12.1 Å². The van der Waals surface area contributed by atoms with Crippen molar-refractivity contribution >= 4 is 37.3 Å². The molecule has 1 aromatic carbocycles. The fraction of sp³-hybridized carbons (Fsp3) is 0.771. The zero-order chi connectivity index (χ0) is 47.6. The van der Waals surface area contributed by atoms with Gasteiger partial charge < -0.3 is 53.2 Å². The van der Waals surface area contributed by atoms with Crippen LogP contribution in [0.5, 0.6) is 11.5 Å². The van der Waals surface area contributed by atoms with E-state index in [1.165, 1.54) is 0 Å². The Hall–Kier alpha value is -4.25.